The molecule has 2 aromatic rings. The molecule has 0 bridgehead atoms. The van der Waals surface area contributed by atoms with E-state index in [1.54, 1.807) is 26.0 Å². The van der Waals surface area contributed by atoms with Crippen molar-refractivity contribution >= 4 is 17.7 Å². The molecule has 0 N–H and O–H groups in total. The molecule has 0 saturated heterocycles. The first-order chi connectivity index (χ1) is 11.6. The molecule has 0 spiro atoms. The zero-order valence-electron chi connectivity index (χ0n) is 13.4. The number of aromatic nitrogens is 1. The predicted molar refractivity (Wildman–Crippen MR) is 82.9 cm³/mol. The van der Waals surface area contributed by atoms with Crippen molar-refractivity contribution in [2.45, 2.75) is 20.4 Å². The molecular weight excluding hydrogens is 312 g/mol. The number of hydrogen-bond acceptors (Lipinski definition) is 6. The van der Waals surface area contributed by atoms with Crippen molar-refractivity contribution in [1.29, 1.82) is 0 Å². The third-order valence-corrected chi connectivity index (χ3v) is 3.76. The minimum Gasteiger partial charge on any atom is -0.455 e. The Balaban J connectivity index is 1.92. The Labute approximate surface area is 138 Å². The van der Waals surface area contributed by atoms with Crippen molar-refractivity contribution in [3.8, 4) is 0 Å². The topological polar surface area (TPSA) is 89.7 Å². The lowest BCUT2D eigenvalue weighted by Crippen LogP contribution is -2.30. The summed E-state index contributed by atoms with van der Waals surface area (Å²) in [6.45, 7) is 4.32. The molecule has 0 atom stereocenters. The van der Waals surface area contributed by atoms with E-state index < -0.39 is 6.09 Å². The van der Waals surface area contributed by atoms with E-state index in [4.69, 9.17) is 9.15 Å². The fraction of sp³-hybridized carbons (Fsp3) is 0.294. The van der Waals surface area contributed by atoms with E-state index in [-0.39, 0.29) is 47.3 Å². The minimum atomic E-state index is -0.475. The van der Waals surface area contributed by atoms with Gasteiger partial charge in [-0.2, -0.15) is 0 Å². The molecule has 3 rings (SSSR count). The lowest BCUT2D eigenvalue weighted by molar-refractivity contribution is 0.0949. The standard InChI is InChI=1S/C17H16N2O5/c1-3-19(17(22)23-4-2)9-10-8-12-14(20)13-11(6-5-7-18-13)15(21)16(12)24-10/h5-8H,3-4,9H2,1-2H3. The van der Waals surface area contributed by atoms with Crippen molar-refractivity contribution in [3.05, 3.63) is 52.7 Å². The van der Waals surface area contributed by atoms with Gasteiger partial charge in [0.25, 0.3) is 0 Å². The van der Waals surface area contributed by atoms with Crippen molar-refractivity contribution < 1.29 is 23.5 Å². The summed E-state index contributed by atoms with van der Waals surface area (Å²) < 4.78 is 10.5. The van der Waals surface area contributed by atoms with Gasteiger partial charge < -0.3 is 14.1 Å². The first kappa shape index (κ1) is 15.9. The number of carbonyl (C=O) groups excluding carboxylic acids is 3. The lowest BCUT2D eigenvalue weighted by Gasteiger charge is -2.18. The number of fused-ring (bicyclic) bond motifs is 2. The van der Waals surface area contributed by atoms with Crippen LogP contribution < -0.4 is 0 Å². The monoisotopic (exact) mass is 328 g/mol. The third-order valence-electron chi connectivity index (χ3n) is 3.76. The van der Waals surface area contributed by atoms with Crippen LogP contribution in [0.4, 0.5) is 4.79 Å². The number of furan rings is 1. The average molecular weight is 328 g/mol. The summed E-state index contributed by atoms with van der Waals surface area (Å²) in [5, 5.41) is 0. The summed E-state index contributed by atoms with van der Waals surface area (Å²) in [4.78, 5) is 42.2. The Hall–Kier alpha value is -2.96. The smallest absolute Gasteiger partial charge is 0.410 e. The molecule has 7 heteroatoms. The first-order valence-electron chi connectivity index (χ1n) is 7.65. The Kier molecular flexibility index (Phi) is 4.16. The quantitative estimate of drug-likeness (QED) is 0.730. The molecule has 0 radical (unpaired) electrons. The first-order valence-corrected chi connectivity index (χ1v) is 7.65. The molecule has 1 aliphatic rings. The van der Waals surface area contributed by atoms with E-state index >= 15 is 0 Å². The molecule has 0 aromatic carbocycles. The third kappa shape index (κ3) is 2.58. The molecule has 2 aromatic heterocycles. The fourth-order valence-electron chi connectivity index (χ4n) is 2.58. The number of rotatable bonds is 4. The molecule has 124 valence electrons. The highest BCUT2D eigenvalue weighted by Crippen LogP contribution is 2.29. The lowest BCUT2D eigenvalue weighted by atomic mass is 9.92. The van der Waals surface area contributed by atoms with Crippen LogP contribution in [0.5, 0.6) is 0 Å². The van der Waals surface area contributed by atoms with Crippen LogP contribution in [0, 0.1) is 0 Å². The maximum Gasteiger partial charge on any atom is 0.410 e. The van der Waals surface area contributed by atoms with E-state index in [1.165, 1.54) is 17.2 Å². The Morgan fingerprint density at radius 1 is 1.25 bits per heavy atom. The van der Waals surface area contributed by atoms with E-state index in [0.29, 0.717) is 12.3 Å². The van der Waals surface area contributed by atoms with Crippen LogP contribution in [-0.2, 0) is 11.3 Å². The van der Waals surface area contributed by atoms with Gasteiger partial charge in [-0.1, -0.05) is 0 Å². The predicted octanol–water partition coefficient (Wildman–Crippen LogP) is 2.43. The number of hydrogen-bond donors (Lipinski definition) is 0. The van der Waals surface area contributed by atoms with Crippen molar-refractivity contribution in [1.82, 2.24) is 9.88 Å². The molecule has 0 fully saturated rings. The van der Waals surface area contributed by atoms with Crippen LogP contribution in [0.3, 0.4) is 0 Å². The Bertz CT molecular complexity index is 772. The summed E-state index contributed by atoms with van der Waals surface area (Å²) in [7, 11) is 0. The van der Waals surface area contributed by atoms with Gasteiger partial charge in [0.2, 0.25) is 11.6 Å². The zero-order valence-corrected chi connectivity index (χ0v) is 13.4. The van der Waals surface area contributed by atoms with Crippen LogP contribution in [0.1, 0.15) is 51.8 Å². The molecule has 1 aliphatic carbocycles. The Morgan fingerprint density at radius 2 is 2.04 bits per heavy atom. The van der Waals surface area contributed by atoms with E-state index in [2.05, 4.69) is 4.98 Å². The van der Waals surface area contributed by atoms with Crippen LogP contribution >= 0.6 is 0 Å². The maximum atomic E-state index is 12.5. The molecule has 24 heavy (non-hydrogen) atoms. The highest BCUT2D eigenvalue weighted by Gasteiger charge is 2.34. The van der Waals surface area contributed by atoms with Crippen LogP contribution in [0.25, 0.3) is 0 Å². The summed E-state index contributed by atoms with van der Waals surface area (Å²) in [5.41, 5.74) is 0.537. The van der Waals surface area contributed by atoms with Gasteiger partial charge in [-0.05, 0) is 32.0 Å². The number of carbonyl (C=O) groups is 3. The van der Waals surface area contributed by atoms with Crippen molar-refractivity contribution in [3.63, 3.8) is 0 Å². The van der Waals surface area contributed by atoms with Gasteiger partial charge in [0.05, 0.1) is 24.3 Å². The van der Waals surface area contributed by atoms with E-state index in [9.17, 15) is 14.4 Å². The fourth-order valence-corrected chi connectivity index (χ4v) is 2.58. The number of ketones is 2. The van der Waals surface area contributed by atoms with Crippen molar-refractivity contribution in [2.75, 3.05) is 13.2 Å². The van der Waals surface area contributed by atoms with Crippen molar-refractivity contribution in [2.24, 2.45) is 0 Å². The summed E-state index contributed by atoms with van der Waals surface area (Å²) in [6, 6.07) is 4.64. The number of pyridine rings is 1. The summed E-state index contributed by atoms with van der Waals surface area (Å²) in [5.74, 6) is -0.382. The Morgan fingerprint density at radius 3 is 2.75 bits per heavy atom. The second-order valence-electron chi connectivity index (χ2n) is 5.23. The van der Waals surface area contributed by atoms with Gasteiger partial charge in [0.15, 0.2) is 5.76 Å². The summed E-state index contributed by atoms with van der Waals surface area (Å²) in [6.07, 6.45) is 0.993. The molecular formula is C17H16N2O5. The molecule has 2 heterocycles. The van der Waals surface area contributed by atoms with Crippen LogP contribution in [-0.4, -0.2) is 40.7 Å². The highest BCUT2D eigenvalue weighted by atomic mass is 16.6. The number of nitrogens with zero attached hydrogens (tertiary/aromatic N) is 2. The summed E-state index contributed by atoms with van der Waals surface area (Å²) >= 11 is 0. The highest BCUT2D eigenvalue weighted by molar-refractivity contribution is 6.26. The van der Waals surface area contributed by atoms with Gasteiger partial charge in [-0.15, -0.1) is 0 Å². The molecule has 0 aliphatic heterocycles. The van der Waals surface area contributed by atoms with E-state index in [1.807, 2.05) is 0 Å². The minimum absolute atomic E-state index is 0.00425. The SMILES string of the molecule is CCOC(=O)N(CC)Cc1cc2c(o1)C(=O)c1cccnc1C2=O. The van der Waals surface area contributed by atoms with Gasteiger partial charge >= 0.3 is 6.09 Å². The van der Waals surface area contributed by atoms with Gasteiger partial charge in [-0.3, -0.25) is 14.6 Å². The van der Waals surface area contributed by atoms with E-state index in [0.717, 1.165) is 0 Å². The second kappa shape index (κ2) is 6.27. The number of amides is 1. The van der Waals surface area contributed by atoms with Gasteiger partial charge in [0.1, 0.15) is 11.5 Å². The zero-order chi connectivity index (χ0) is 17.3. The molecule has 1 amide bonds. The number of ether oxygens (including phenoxy) is 1. The largest absolute Gasteiger partial charge is 0.455 e. The van der Waals surface area contributed by atoms with Crippen LogP contribution in [0.2, 0.25) is 0 Å². The molecule has 0 unspecified atom stereocenters. The second-order valence-corrected chi connectivity index (χ2v) is 5.23. The normalized spacial score (nSPS) is 12.6. The maximum absolute atomic E-state index is 12.5. The molecule has 0 saturated carbocycles. The van der Waals surface area contributed by atoms with Crippen LogP contribution in [0.15, 0.2) is 28.8 Å². The van der Waals surface area contributed by atoms with Gasteiger partial charge in [-0.25, -0.2) is 4.79 Å². The van der Waals surface area contributed by atoms with Gasteiger partial charge in [0, 0.05) is 12.7 Å². The average Bonchev–Trinajstić information content (AvgIpc) is 3.02. The molecule has 7 nitrogen and oxygen atoms in total.